The molecule has 1 heterocycles. The van der Waals surface area contributed by atoms with Gasteiger partial charge in [0.15, 0.2) is 6.61 Å². The smallest absolute Gasteiger partial charge is 0.262 e. The molecule has 0 fully saturated rings. The van der Waals surface area contributed by atoms with Gasteiger partial charge in [-0.05, 0) is 46.3 Å². The van der Waals surface area contributed by atoms with Crippen molar-refractivity contribution >= 4 is 27.5 Å². The first-order valence-corrected chi connectivity index (χ1v) is 6.21. The van der Waals surface area contributed by atoms with Gasteiger partial charge in [0, 0.05) is 16.4 Å². The van der Waals surface area contributed by atoms with Gasteiger partial charge in [0.1, 0.15) is 11.6 Å². The van der Waals surface area contributed by atoms with Crippen molar-refractivity contribution in [2.24, 2.45) is 0 Å². The quantitative estimate of drug-likeness (QED) is 0.940. The lowest BCUT2D eigenvalue weighted by Gasteiger charge is -2.07. The maximum atomic E-state index is 12.7. The van der Waals surface area contributed by atoms with Crippen LogP contribution < -0.4 is 10.1 Å². The predicted octanol–water partition coefficient (Wildman–Crippen LogP) is 3.00. The number of nitrogens with one attached hydrogen (secondary N) is 1. The molecule has 6 heteroatoms. The number of rotatable bonds is 4. The molecule has 0 bridgehead atoms. The molecule has 2 aromatic rings. The van der Waals surface area contributed by atoms with Gasteiger partial charge < -0.3 is 10.1 Å². The summed E-state index contributed by atoms with van der Waals surface area (Å²) >= 11 is 3.25. The van der Waals surface area contributed by atoms with Gasteiger partial charge in [0.2, 0.25) is 0 Å². The molecule has 0 unspecified atom stereocenters. The van der Waals surface area contributed by atoms with Gasteiger partial charge in [-0.2, -0.15) is 0 Å². The highest BCUT2D eigenvalue weighted by molar-refractivity contribution is 9.10. The third-order valence-corrected chi connectivity index (χ3v) is 2.61. The van der Waals surface area contributed by atoms with Crippen LogP contribution in [-0.2, 0) is 4.79 Å². The number of aromatic nitrogens is 1. The number of ether oxygens (including phenoxy) is 1. The summed E-state index contributed by atoms with van der Waals surface area (Å²) in [6, 6.07) is 7.21. The molecule has 2 rings (SSSR count). The predicted molar refractivity (Wildman–Crippen MR) is 72.5 cm³/mol. The molecule has 0 aliphatic heterocycles. The van der Waals surface area contributed by atoms with Crippen LogP contribution in [0, 0.1) is 5.82 Å². The van der Waals surface area contributed by atoms with Crippen LogP contribution in [0.2, 0.25) is 0 Å². The number of amides is 1. The first kappa shape index (κ1) is 13.5. The molecule has 0 aliphatic carbocycles. The highest BCUT2D eigenvalue weighted by atomic mass is 79.9. The number of benzene rings is 1. The number of hydrogen-bond donors (Lipinski definition) is 1. The number of pyridine rings is 1. The minimum atomic E-state index is -0.352. The molecule has 98 valence electrons. The molecule has 1 N–H and O–H groups in total. The van der Waals surface area contributed by atoms with Crippen molar-refractivity contribution < 1.29 is 13.9 Å². The Balaban J connectivity index is 1.86. The molecule has 1 aromatic carbocycles. The van der Waals surface area contributed by atoms with E-state index in [9.17, 15) is 9.18 Å². The fourth-order valence-corrected chi connectivity index (χ4v) is 1.69. The van der Waals surface area contributed by atoms with E-state index in [0.717, 1.165) is 4.47 Å². The zero-order valence-electron chi connectivity index (χ0n) is 9.77. The van der Waals surface area contributed by atoms with Crippen LogP contribution in [0.1, 0.15) is 0 Å². The van der Waals surface area contributed by atoms with Crippen molar-refractivity contribution in [3.8, 4) is 5.75 Å². The Bertz CT molecular complexity index is 575. The maximum Gasteiger partial charge on any atom is 0.262 e. The van der Waals surface area contributed by atoms with Crippen LogP contribution in [0.3, 0.4) is 0 Å². The molecule has 0 saturated carbocycles. The van der Waals surface area contributed by atoms with Gasteiger partial charge in [-0.25, -0.2) is 4.39 Å². The first-order chi connectivity index (χ1) is 9.13. The van der Waals surface area contributed by atoms with Gasteiger partial charge in [-0.3, -0.25) is 9.78 Å². The first-order valence-electron chi connectivity index (χ1n) is 5.42. The summed E-state index contributed by atoms with van der Waals surface area (Å²) in [5, 5.41) is 2.59. The zero-order valence-corrected chi connectivity index (χ0v) is 11.4. The molecule has 0 spiro atoms. The van der Waals surface area contributed by atoms with E-state index in [0.29, 0.717) is 11.4 Å². The van der Waals surface area contributed by atoms with Crippen LogP contribution >= 0.6 is 15.9 Å². The van der Waals surface area contributed by atoms with Crippen molar-refractivity contribution in [1.29, 1.82) is 0 Å². The molecule has 0 aliphatic rings. The Morgan fingerprint density at radius 1 is 1.32 bits per heavy atom. The van der Waals surface area contributed by atoms with Gasteiger partial charge >= 0.3 is 0 Å². The van der Waals surface area contributed by atoms with Gasteiger partial charge in [0.25, 0.3) is 5.91 Å². The lowest BCUT2D eigenvalue weighted by atomic mass is 10.3. The largest absolute Gasteiger partial charge is 0.482 e. The standard InChI is InChI=1S/C13H10BrFN2O2/c14-9-5-12(7-16-6-9)19-8-13(18)17-11-3-1-10(15)2-4-11/h1-7H,8H2,(H,17,18). The monoisotopic (exact) mass is 324 g/mol. The minimum Gasteiger partial charge on any atom is -0.482 e. The Kier molecular flexibility index (Phi) is 4.46. The SMILES string of the molecule is O=C(COc1cncc(Br)c1)Nc1ccc(F)cc1. The second kappa shape index (κ2) is 6.29. The average Bonchev–Trinajstić information content (AvgIpc) is 2.39. The third kappa shape index (κ3) is 4.33. The second-order valence-corrected chi connectivity index (χ2v) is 4.60. The number of carbonyl (C=O) groups is 1. The third-order valence-electron chi connectivity index (χ3n) is 2.18. The van der Waals surface area contributed by atoms with E-state index in [2.05, 4.69) is 26.2 Å². The van der Waals surface area contributed by atoms with E-state index in [4.69, 9.17) is 4.74 Å². The maximum absolute atomic E-state index is 12.7. The molecule has 1 amide bonds. The van der Waals surface area contributed by atoms with Crippen molar-refractivity contribution in [2.75, 3.05) is 11.9 Å². The average molecular weight is 325 g/mol. The lowest BCUT2D eigenvalue weighted by Crippen LogP contribution is -2.20. The summed E-state index contributed by atoms with van der Waals surface area (Å²) < 4.78 is 18.7. The van der Waals surface area contributed by atoms with E-state index in [1.807, 2.05) is 0 Å². The van der Waals surface area contributed by atoms with Crippen molar-refractivity contribution in [1.82, 2.24) is 4.98 Å². The Hall–Kier alpha value is -1.95. The van der Waals surface area contributed by atoms with Crippen molar-refractivity contribution in [3.63, 3.8) is 0 Å². The van der Waals surface area contributed by atoms with E-state index in [1.54, 1.807) is 12.3 Å². The number of nitrogens with zero attached hydrogens (tertiary/aromatic N) is 1. The van der Waals surface area contributed by atoms with Crippen molar-refractivity contribution in [2.45, 2.75) is 0 Å². The molecule has 1 aromatic heterocycles. The van der Waals surface area contributed by atoms with Gasteiger partial charge in [-0.15, -0.1) is 0 Å². The normalized spacial score (nSPS) is 10.0. The summed E-state index contributed by atoms with van der Waals surface area (Å²) in [4.78, 5) is 15.5. The molecule has 0 atom stereocenters. The lowest BCUT2D eigenvalue weighted by molar-refractivity contribution is -0.118. The summed E-state index contributed by atoms with van der Waals surface area (Å²) in [6.07, 6.45) is 3.13. The van der Waals surface area contributed by atoms with Crippen LogP contribution in [0.15, 0.2) is 47.2 Å². The van der Waals surface area contributed by atoms with Crippen LogP contribution in [0.4, 0.5) is 10.1 Å². The fourth-order valence-electron chi connectivity index (χ4n) is 1.35. The van der Waals surface area contributed by atoms with Crippen LogP contribution in [0.25, 0.3) is 0 Å². The van der Waals surface area contributed by atoms with Crippen LogP contribution in [-0.4, -0.2) is 17.5 Å². The summed E-state index contributed by atoms with van der Waals surface area (Å²) in [5.41, 5.74) is 0.516. The molecular formula is C13H10BrFN2O2. The summed E-state index contributed by atoms with van der Waals surface area (Å²) in [7, 11) is 0. The highest BCUT2D eigenvalue weighted by Crippen LogP contribution is 2.15. The van der Waals surface area contributed by atoms with E-state index < -0.39 is 0 Å². The fraction of sp³-hybridized carbons (Fsp3) is 0.0769. The molecule has 19 heavy (non-hydrogen) atoms. The van der Waals surface area contributed by atoms with Gasteiger partial charge in [0.05, 0.1) is 6.20 Å². The molecule has 4 nitrogen and oxygen atoms in total. The summed E-state index contributed by atoms with van der Waals surface area (Å²) in [5.74, 6) is -0.190. The number of anilines is 1. The topological polar surface area (TPSA) is 51.2 Å². The number of halogens is 2. The van der Waals surface area contributed by atoms with Crippen molar-refractivity contribution in [3.05, 3.63) is 53.0 Å². The number of hydrogen-bond acceptors (Lipinski definition) is 3. The van der Waals surface area contributed by atoms with E-state index in [1.165, 1.54) is 30.5 Å². The second-order valence-electron chi connectivity index (χ2n) is 3.68. The van der Waals surface area contributed by atoms with E-state index in [-0.39, 0.29) is 18.3 Å². The molecule has 0 saturated heterocycles. The van der Waals surface area contributed by atoms with Crippen LogP contribution in [0.5, 0.6) is 5.75 Å². The Morgan fingerprint density at radius 3 is 2.74 bits per heavy atom. The zero-order chi connectivity index (χ0) is 13.7. The minimum absolute atomic E-state index is 0.143. The number of carbonyl (C=O) groups excluding carboxylic acids is 1. The molecule has 0 radical (unpaired) electrons. The van der Waals surface area contributed by atoms with E-state index >= 15 is 0 Å². The Morgan fingerprint density at radius 2 is 2.05 bits per heavy atom. The highest BCUT2D eigenvalue weighted by Gasteiger charge is 2.04. The van der Waals surface area contributed by atoms with Gasteiger partial charge in [-0.1, -0.05) is 0 Å². The molecular weight excluding hydrogens is 315 g/mol. The summed E-state index contributed by atoms with van der Waals surface area (Å²) in [6.45, 7) is -0.143. The Labute approximate surface area is 117 Å².